The van der Waals surface area contributed by atoms with Gasteiger partial charge in [-0.05, 0) is 26.1 Å². The van der Waals surface area contributed by atoms with E-state index < -0.39 is 14.2 Å². The summed E-state index contributed by atoms with van der Waals surface area (Å²) in [6.07, 6.45) is 0.298. The number of hydrogen-bond acceptors (Lipinski definition) is 3. The SMILES string of the molecule is C[Si](C)(C)O[C@@H]1CCN(CC(N)=O)C1=O. The molecule has 0 aromatic heterocycles. The fourth-order valence-corrected chi connectivity index (χ4v) is 2.66. The Morgan fingerprint density at radius 2 is 2.20 bits per heavy atom. The van der Waals surface area contributed by atoms with Crippen LogP contribution in [0.2, 0.25) is 19.6 Å². The zero-order valence-electron chi connectivity index (χ0n) is 9.45. The van der Waals surface area contributed by atoms with E-state index in [0.717, 1.165) is 0 Å². The molecule has 1 aliphatic heterocycles. The van der Waals surface area contributed by atoms with Crippen molar-refractivity contribution in [1.82, 2.24) is 4.90 Å². The van der Waals surface area contributed by atoms with Crippen LogP contribution in [-0.2, 0) is 14.0 Å². The lowest BCUT2D eigenvalue weighted by Gasteiger charge is -2.22. The van der Waals surface area contributed by atoms with E-state index in [0.29, 0.717) is 13.0 Å². The van der Waals surface area contributed by atoms with E-state index in [1.165, 1.54) is 4.90 Å². The van der Waals surface area contributed by atoms with Crippen LogP contribution in [0, 0.1) is 0 Å². The molecule has 1 rings (SSSR count). The third-order valence-corrected chi connectivity index (χ3v) is 3.08. The number of carbonyl (C=O) groups is 2. The number of hydrogen-bond donors (Lipinski definition) is 1. The van der Waals surface area contributed by atoms with Crippen molar-refractivity contribution in [1.29, 1.82) is 0 Å². The Hall–Kier alpha value is -0.883. The fourth-order valence-electron chi connectivity index (χ4n) is 1.59. The van der Waals surface area contributed by atoms with E-state index in [4.69, 9.17) is 10.2 Å². The maximum atomic E-state index is 11.7. The summed E-state index contributed by atoms with van der Waals surface area (Å²) in [6, 6.07) is 0. The van der Waals surface area contributed by atoms with Gasteiger partial charge in [0.05, 0.1) is 6.54 Å². The van der Waals surface area contributed by atoms with Crippen LogP contribution in [0.3, 0.4) is 0 Å². The van der Waals surface area contributed by atoms with Crippen molar-refractivity contribution in [3.8, 4) is 0 Å². The van der Waals surface area contributed by atoms with E-state index in [1.807, 2.05) is 19.6 Å². The first-order valence-corrected chi connectivity index (χ1v) is 8.45. The molecule has 2 amide bonds. The van der Waals surface area contributed by atoms with Crippen LogP contribution in [0.5, 0.6) is 0 Å². The minimum absolute atomic E-state index is 0.00436. The lowest BCUT2D eigenvalue weighted by Crippen LogP contribution is -2.40. The second kappa shape index (κ2) is 4.32. The van der Waals surface area contributed by atoms with Crippen molar-refractivity contribution < 1.29 is 14.0 Å². The predicted octanol–water partition coefficient (Wildman–Crippen LogP) is -0.0759. The highest BCUT2D eigenvalue weighted by atomic mass is 28.4. The average molecular weight is 230 g/mol. The first-order chi connectivity index (χ1) is 6.79. The molecule has 0 unspecified atom stereocenters. The van der Waals surface area contributed by atoms with E-state index in [1.54, 1.807) is 0 Å². The molecule has 86 valence electrons. The van der Waals surface area contributed by atoms with Crippen molar-refractivity contribution >= 4 is 20.1 Å². The molecule has 6 heteroatoms. The normalized spacial score (nSPS) is 22.2. The molecule has 0 saturated carbocycles. The van der Waals surface area contributed by atoms with Crippen molar-refractivity contribution in [2.75, 3.05) is 13.1 Å². The van der Waals surface area contributed by atoms with Gasteiger partial charge in [0.2, 0.25) is 5.91 Å². The maximum absolute atomic E-state index is 11.7. The van der Waals surface area contributed by atoms with Gasteiger partial charge in [0.25, 0.3) is 5.91 Å². The van der Waals surface area contributed by atoms with Gasteiger partial charge in [-0.25, -0.2) is 0 Å². The van der Waals surface area contributed by atoms with E-state index in [9.17, 15) is 9.59 Å². The Balaban J connectivity index is 2.53. The van der Waals surface area contributed by atoms with E-state index >= 15 is 0 Å². The van der Waals surface area contributed by atoms with Crippen LogP contribution < -0.4 is 5.73 Å². The summed E-state index contributed by atoms with van der Waals surface area (Å²) in [4.78, 5) is 23.9. The summed E-state index contributed by atoms with van der Waals surface area (Å²) in [7, 11) is -1.70. The third kappa shape index (κ3) is 3.64. The molecule has 0 spiro atoms. The quantitative estimate of drug-likeness (QED) is 0.687. The minimum Gasteiger partial charge on any atom is -0.406 e. The molecule has 2 N–H and O–H groups in total. The molecule has 1 aliphatic rings. The monoisotopic (exact) mass is 230 g/mol. The second-order valence-electron chi connectivity index (χ2n) is 4.73. The Kier molecular flexibility index (Phi) is 3.51. The number of rotatable bonds is 4. The van der Waals surface area contributed by atoms with Gasteiger partial charge in [-0.1, -0.05) is 0 Å². The van der Waals surface area contributed by atoms with Gasteiger partial charge in [0.1, 0.15) is 6.10 Å². The molecule has 15 heavy (non-hydrogen) atoms. The predicted molar refractivity (Wildman–Crippen MR) is 58.6 cm³/mol. The molecule has 0 aromatic carbocycles. The molecule has 0 aromatic rings. The van der Waals surface area contributed by atoms with Crippen LogP contribution >= 0.6 is 0 Å². The number of nitrogens with two attached hydrogens (primary N) is 1. The zero-order valence-corrected chi connectivity index (χ0v) is 10.4. The average Bonchev–Trinajstić information content (AvgIpc) is 2.32. The van der Waals surface area contributed by atoms with Gasteiger partial charge in [0.15, 0.2) is 8.32 Å². The molecule has 1 heterocycles. The summed E-state index contributed by atoms with van der Waals surface area (Å²) in [6.45, 7) is 6.69. The van der Waals surface area contributed by atoms with Crippen LogP contribution in [0.25, 0.3) is 0 Å². The van der Waals surface area contributed by atoms with Gasteiger partial charge in [-0.2, -0.15) is 0 Å². The maximum Gasteiger partial charge on any atom is 0.250 e. The fraction of sp³-hybridized carbons (Fsp3) is 0.778. The van der Waals surface area contributed by atoms with E-state index in [2.05, 4.69) is 0 Å². The van der Waals surface area contributed by atoms with Crippen LogP contribution in [0.4, 0.5) is 0 Å². The standard InChI is InChI=1S/C9H18N2O3Si/c1-15(2,3)14-7-4-5-11(9(7)13)6-8(10)12/h7H,4-6H2,1-3H3,(H2,10,12)/t7-/m1/s1. The van der Waals surface area contributed by atoms with Crippen LogP contribution in [-0.4, -0.2) is 44.2 Å². The molecular weight excluding hydrogens is 212 g/mol. The highest BCUT2D eigenvalue weighted by Crippen LogP contribution is 2.18. The molecule has 0 bridgehead atoms. The zero-order chi connectivity index (χ0) is 11.6. The highest BCUT2D eigenvalue weighted by molar-refractivity contribution is 6.69. The Morgan fingerprint density at radius 3 is 2.67 bits per heavy atom. The lowest BCUT2D eigenvalue weighted by molar-refractivity contribution is -0.136. The topological polar surface area (TPSA) is 72.6 Å². The van der Waals surface area contributed by atoms with Crippen molar-refractivity contribution in [3.05, 3.63) is 0 Å². The van der Waals surface area contributed by atoms with Gasteiger partial charge in [-0.3, -0.25) is 9.59 Å². The number of likely N-dealkylation sites (tertiary alicyclic amines) is 1. The highest BCUT2D eigenvalue weighted by Gasteiger charge is 2.35. The number of primary amides is 1. The Bertz CT molecular complexity index is 275. The van der Waals surface area contributed by atoms with Gasteiger partial charge in [0, 0.05) is 6.54 Å². The lowest BCUT2D eigenvalue weighted by atomic mass is 10.3. The van der Waals surface area contributed by atoms with Crippen molar-refractivity contribution in [3.63, 3.8) is 0 Å². The molecule has 1 saturated heterocycles. The number of amides is 2. The molecule has 1 fully saturated rings. The smallest absolute Gasteiger partial charge is 0.250 e. The first kappa shape index (κ1) is 12.2. The van der Waals surface area contributed by atoms with Crippen LogP contribution in [0.1, 0.15) is 6.42 Å². The molecule has 0 radical (unpaired) electrons. The Labute approximate surface area is 90.7 Å². The molecule has 0 aliphatic carbocycles. The first-order valence-electron chi connectivity index (χ1n) is 5.04. The largest absolute Gasteiger partial charge is 0.406 e. The third-order valence-electron chi connectivity index (χ3n) is 2.09. The van der Waals surface area contributed by atoms with E-state index in [-0.39, 0.29) is 18.6 Å². The van der Waals surface area contributed by atoms with Crippen LogP contribution in [0.15, 0.2) is 0 Å². The summed E-state index contributed by atoms with van der Waals surface area (Å²) < 4.78 is 5.72. The number of carbonyl (C=O) groups excluding carboxylic acids is 2. The molecular formula is C9H18N2O3Si. The summed E-state index contributed by atoms with van der Waals surface area (Å²) in [5.74, 6) is -0.576. The minimum atomic E-state index is -1.70. The van der Waals surface area contributed by atoms with Gasteiger partial charge < -0.3 is 15.1 Å². The molecule has 5 nitrogen and oxygen atoms in total. The summed E-state index contributed by atoms with van der Waals surface area (Å²) >= 11 is 0. The summed E-state index contributed by atoms with van der Waals surface area (Å²) in [5, 5.41) is 0. The van der Waals surface area contributed by atoms with Crippen molar-refractivity contribution in [2.24, 2.45) is 5.73 Å². The Morgan fingerprint density at radius 1 is 1.60 bits per heavy atom. The van der Waals surface area contributed by atoms with Gasteiger partial charge >= 0.3 is 0 Å². The van der Waals surface area contributed by atoms with Crippen molar-refractivity contribution in [2.45, 2.75) is 32.2 Å². The number of nitrogens with zero attached hydrogens (tertiary/aromatic N) is 1. The summed E-state index contributed by atoms with van der Waals surface area (Å²) in [5.41, 5.74) is 5.04. The molecule has 1 atom stereocenters. The second-order valence-corrected chi connectivity index (χ2v) is 9.19. The van der Waals surface area contributed by atoms with Gasteiger partial charge in [-0.15, -0.1) is 0 Å².